The number of carbonyl (C=O) groups is 1. The van der Waals surface area contributed by atoms with E-state index in [1.807, 2.05) is 13.0 Å². The lowest BCUT2D eigenvalue weighted by molar-refractivity contribution is -0.131. The summed E-state index contributed by atoms with van der Waals surface area (Å²) in [5.74, 6) is 0.669. The highest BCUT2D eigenvalue weighted by molar-refractivity contribution is 5.81. The van der Waals surface area contributed by atoms with E-state index in [2.05, 4.69) is 58.9 Å². The van der Waals surface area contributed by atoms with E-state index in [1.54, 1.807) is 0 Å². The molecule has 2 atom stereocenters. The van der Waals surface area contributed by atoms with Crippen LogP contribution in [0, 0.1) is 5.92 Å². The molecule has 0 amide bonds. The number of aliphatic carboxylic acids is 1. The number of carboxylic acid groups (broad SMARTS) is 1. The van der Waals surface area contributed by atoms with Gasteiger partial charge in [0.25, 0.3) is 0 Å². The first-order chi connectivity index (χ1) is 11.7. The second kappa shape index (κ2) is 7.59. The van der Waals surface area contributed by atoms with E-state index in [-0.39, 0.29) is 5.41 Å². The van der Waals surface area contributed by atoms with Crippen molar-refractivity contribution in [3.8, 4) is 0 Å². The lowest BCUT2D eigenvalue weighted by atomic mass is 9.84. The van der Waals surface area contributed by atoms with Gasteiger partial charge in [0.2, 0.25) is 0 Å². The third-order valence-corrected chi connectivity index (χ3v) is 5.59. The fourth-order valence-corrected chi connectivity index (χ4v) is 3.67. The molecule has 1 aromatic carbocycles. The number of allylic oxidation sites excluding steroid dienone is 3. The highest BCUT2D eigenvalue weighted by Crippen LogP contribution is 2.58. The molecule has 0 spiro atoms. The SMILES string of the molecule is CC[C@]1(c2cc(C(C)C)cc(C(C)C)c2)C[C@H]1/C=C/C(C)=C/C(=O)O. The number of hydrogen-bond donors (Lipinski definition) is 1. The Kier molecular flexibility index (Phi) is 5.92. The van der Waals surface area contributed by atoms with Crippen molar-refractivity contribution in [2.45, 2.75) is 71.6 Å². The van der Waals surface area contributed by atoms with Crippen LogP contribution in [0.4, 0.5) is 0 Å². The molecule has 0 saturated heterocycles. The molecule has 25 heavy (non-hydrogen) atoms. The Morgan fingerprint density at radius 1 is 1.20 bits per heavy atom. The summed E-state index contributed by atoms with van der Waals surface area (Å²) in [7, 11) is 0. The number of rotatable bonds is 7. The molecule has 1 fully saturated rings. The maximum Gasteiger partial charge on any atom is 0.328 e. The van der Waals surface area contributed by atoms with Crippen LogP contribution in [0.2, 0.25) is 0 Å². The first kappa shape index (κ1) is 19.5. The van der Waals surface area contributed by atoms with Crippen molar-refractivity contribution in [1.29, 1.82) is 0 Å². The quantitative estimate of drug-likeness (QED) is 0.475. The molecule has 0 bridgehead atoms. The molecule has 0 radical (unpaired) electrons. The van der Waals surface area contributed by atoms with Crippen molar-refractivity contribution in [2.24, 2.45) is 5.92 Å². The Bertz CT molecular complexity index is 668. The zero-order valence-corrected chi connectivity index (χ0v) is 16.5. The summed E-state index contributed by atoms with van der Waals surface area (Å²) in [6.45, 7) is 13.1. The van der Waals surface area contributed by atoms with Gasteiger partial charge in [0.05, 0.1) is 0 Å². The van der Waals surface area contributed by atoms with Gasteiger partial charge in [0.15, 0.2) is 0 Å². The Morgan fingerprint density at radius 3 is 2.20 bits per heavy atom. The molecule has 1 aromatic rings. The average Bonchev–Trinajstić information content (AvgIpc) is 3.26. The molecule has 1 aliphatic rings. The summed E-state index contributed by atoms with van der Waals surface area (Å²) in [6.07, 6.45) is 7.70. The summed E-state index contributed by atoms with van der Waals surface area (Å²) in [5, 5.41) is 8.85. The lowest BCUT2D eigenvalue weighted by Crippen LogP contribution is -2.10. The van der Waals surface area contributed by atoms with Gasteiger partial charge in [0.1, 0.15) is 0 Å². The highest BCUT2D eigenvalue weighted by Gasteiger charge is 2.52. The average molecular weight is 341 g/mol. The topological polar surface area (TPSA) is 37.3 Å². The molecule has 2 nitrogen and oxygen atoms in total. The number of carboxylic acids is 1. The van der Waals surface area contributed by atoms with Crippen molar-refractivity contribution in [1.82, 2.24) is 0 Å². The normalized spacial score (nSPS) is 23.7. The molecule has 1 N–H and O–H groups in total. The maximum absolute atomic E-state index is 10.8. The van der Waals surface area contributed by atoms with Crippen LogP contribution in [-0.2, 0) is 10.2 Å². The van der Waals surface area contributed by atoms with Crippen molar-refractivity contribution in [3.05, 3.63) is 58.7 Å². The van der Waals surface area contributed by atoms with Gasteiger partial charge in [0, 0.05) is 11.5 Å². The monoisotopic (exact) mass is 340 g/mol. The van der Waals surface area contributed by atoms with Gasteiger partial charge in [-0.15, -0.1) is 0 Å². The van der Waals surface area contributed by atoms with Crippen LogP contribution in [0.3, 0.4) is 0 Å². The molecule has 0 aliphatic heterocycles. The Hall–Kier alpha value is -1.83. The first-order valence-corrected chi connectivity index (χ1v) is 9.44. The van der Waals surface area contributed by atoms with Gasteiger partial charge in [-0.1, -0.05) is 65.0 Å². The van der Waals surface area contributed by atoms with Crippen LogP contribution in [0.5, 0.6) is 0 Å². The molecule has 1 aliphatic carbocycles. The largest absolute Gasteiger partial charge is 0.478 e. The number of hydrogen-bond acceptors (Lipinski definition) is 1. The molecule has 2 rings (SSSR count). The minimum atomic E-state index is -0.883. The molecule has 1 saturated carbocycles. The smallest absolute Gasteiger partial charge is 0.328 e. The fourth-order valence-electron chi connectivity index (χ4n) is 3.67. The Morgan fingerprint density at radius 2 is 1.76 bits per heavy atom. The zero-order valence-electron chi connectivity index (χ0n) is 16.5. The molecule has 136 valence electrons. The zero-order chi connectivity index (χ0) is 18.8. The summed E-state index contributed by atoms with van der Waals surface area (Å²) in [6, 6.07) is 7.15. The first-order valence-electron chi connectivity index (χ1n) is 9.44. The van der Waals surface area contributed by atoms with Crippen LogP contribution in [-0.4, -0.2) is 11.1 Å². The second-order valence-corrected chi connectivity index (χ2v) is 8.10. The van der Waals surface area contributed by atoms with Crippen LogP contribution in [0.1, 0.15) is 82.9 Å². The molecule has 0 aromatic heterocycles. The van der Waals surface area contributed by atoms with E-state index in [9.17, 15) is 4.79 Å². The van der Waals surface area contributed by atoms with Crippen LogP contribution in [0.15, 0.2) is 42.0 Å². The Balaban J connectivity index is 2.33. The molecular formula is C23H32O2. The predicted octanol–water partition coefficient (Wildman–Crippen LogP) is 6.19. The van der Waals surface area contributed by atoms with Gasteiger partial charge >= 0.3 is 5.97 Å². The predicted molar refractivity (Wildman–Crippen MR) is 105 cm³/mol. The van der Waals surface area contributed by atoms with E-state index >= 15 is 0 Å². The summed E-state index contributed by atoms with van der Waals surface area (Å²) in [5.41, 5.74) is 5.31. The van der Waals surface area contributed by atoms with Crippen LogP contribution < -0.4 is 0 Å². The summed E-state index contributed by atoms with van der Waals surface area (Å²) < 4.78 is 0. The standard InChI is InChI=1S/C23H32O2/c1-7-23(14-20(23)9-8-17(6)10-22(24)25)21-12-18(15(2)3)11-19(13-21)16(4)5/h8-13,15-16,20H,7,14H2,1-6H3,(H,24,25)/b9-8+,17-10+/t20-,23+/m1/s1. The second-order valence-electron chi connectivity index (χ2n) is 8.10. The summed E-state index contributed by atoms with van der Waals surface area (Å²) in [4.78, 5) is 10.8. The van der Waals surface area contributed by atoms with Crippen molar-refractivity contribution in [3.63, 3.8) is 0 Å². The lowest BCUT2D eigenvalue weighted by Gasteiger charge is -2.20. The van der Waals surface area contributed by atoms with Crippen LogP contribution in [0.25, 0.3) is 0 Å². The number of benzene rings is 1. The van der Waals surface area contributed by atoms with E-state index < -0.39 is 5.97 Å². The van der Waals surface area contributed by atoms with E-state index in [0.717, 1.165) is 18.4 Å². The Labute approximate surface area is 152 Å². The van der Waals surface area contributed by atoms with Crippen LogP contribution >= 0.6 is 0 Å². The molecule has 2 heteroatoms. The van der Waals surface area contributed by atoms with E-state index in [0.29, 0.717) is 17.8 Å². The van der Waals surface area contributed by atoms with Gasteiger partial charge in [-0.05, 0) is 59.8 Å². The highest BCUT2D eigenvalue weighted by atomic mass is 16.4. The van der Waals surface area contributed by atoms with Crippen molar-refractivity contribution < 1.29 is 9.90 Å². The van der Waals surface area contributed by atoms with Crippen molar-refractivity contribution in [2.75, 3.05) is 0 Å². The third-order valence-electron chi connectivity index (χ3n) is 5.59. The minimum absolute atomic E-state index is 0.217. The van der Waals surface area contributed by atoms with E-state index in [4.69, 9.17) is 5.11 Å². The maximum atomic E-state index is 10.8. The fraction of sp³-hybridized carbons (Fsp3) is 0.522. The van der Waals surface area contributed by atoms with Gasteiger partial charge in [-0.3, -0.25) is 0 Å². The van der Waals surface area contributed by atoms with Crippen molar-refractivity contribution >= 4 is 5.97 Å². The minimum Gasteiger partial charge on any atom is -0.478 e. The van der Waals surface area contributed by atoms with E-state index in [1.165, 1.54) is 22.8 Å². The van der Waals surface area contributed by atoms with Gasteiger partial charge in [-0.2, -0.15) is 0 Å². The molecule has 0 heterocycles. The molecular weight excluding hydrogens is 308 g/mol. The van der Waals surface area contributed by atoms with Gasteiger partial charge in [-0.25, -0.2) is 4.79 Å². The molecule has 0 unspecified atom stereocenters. The third kappa shape index (κ3) is 4.42. The summed E-state index contributed by atoms with van der Waals surface area (Å²) >= 11 is 0. The van der Waals surface area contributed by atoms with Gasteiger partial charge < -0.3 is 5.11 Å².